The normalized spacial score (nSPS) is 15.5. The molecule has 1 rings (SSSR count). The van der Waals surface area contributed by atoms with Gasteiger partial charge in [-0.1, -0.05) is 0 Å². The molecule has 4 nitrogen and oxygen atoms in total. The molecule has 1 aliphatic rings. The maximum absolute atomic E-state index is 12.1. The quantitative estimate of drug-likeness (QED) is 0.697. The zero-order chi connectivity index (χ0) is 14.6. The molecule has 1 fully saturated rings. The molecule has 0 heterocycles. The molecule has 19 heavy (non-hydrogen) atoms. The third-order valence-electron chi connectivity index (χ3n) is 3.06. The first-order valence-corrected chi connectivity index (χ1v) is 7.20. The zero-order valence-electron chi connectivity index (χ0n) is 12.9. The third-order valence-corrected chi connectivity index (χ3v) is 3.06. The molecule has 0 aromatic carbocycles. The molecule has 0 aliphatic heterocycles. The predicted molar refractivity (Wildman–Crippen MR) is 74.7 cm³/mol. The Morgan fingerprint density at radius 2 is 1.79 bits per heavy atom. The van der Waals surface area contributed by atoms with E-state index in [4.69, 9.17) is 4.74 Å². The summed E-state index contributed by atoms with van der Waals surface area (Å²) in [6, 6.07) is 0.201. The highest BCUT2D eigenvalue weighted by molar-refractivity contribution is 5.81. The molecule has 1 saturated carbocycles. The van der Waals surface area contributed by atoms with E-state index in [0.29, 0.717) is 5.92 Å². The van der Waals surface area contributed by atoms with Gasteiger partial charge in [-0.15, -0.1) is 0 Å². The predicted octanol–water partition coefficient (Wildman–Crippen LogP) is 2.76. The SMILES string of the molecule is CC(C)N(CC1CC1)C(=O)CCC(=O)OC(C)(C)C. The summed E-state index contributed by atoms with van der Waals surface area (Å²) < 4.78 is 5.21. The van der Waals surface area contributed by atoms with Crippen molar-refractivity contribution in [3.8, 4) is 0 Å². The molecule has 0 saturated heterocycles. The van der Waals surface area contributed by atoms with E-state index in [9.17, 15) is 9.59 Å². The number of amides is 1. The van der Waals surface area contributed by atoms with E-state index in [2.05, 4.69) is 0 Å². The van der Waals surface area contributed by atoms with Crippen molar-refractivity contribution in [2.24, 2.45) is 5.92 Å². The Hall–Kier alpha value is -1.06. The summed E-state index contributed by atoms with van der Waals surface area (Å²) in [5.74, 6) is 0.441. The van der Waals surface area contributed by atoms with Crippen LogP contribution in [0.4, 0.5) is 0 Å². The largest absolute Gasteiger partial charge is 0.460 e. The van der Waals surface area contributed by atoms with E-state index in [0.717, 1.165) is 6.54 Å². The molecule has 0 spiro atoms. The van der Waals surface area contributed by atoms with Crippen LogP contribution in [0.1, 0.15) is 60.3 Å². The standard InChI is InChI=1S/C15H27NO3/c1-11(2)16(10-12-6-7-12)13(17)8-9-14(18)19-15(3,4)5/h11-12H,6-10H2,1-5H3. The molecule has 0 N–H and O–H groups in total. The van der Waals surface area contributed by atoms with Gasteiger partial charge in [0.15, 0.2) is 0 Å². The van der Waals surface area contributed by atoms with Crippen molar-refractivity contribution >= 4 is 11.9 Å². The summed E-state index contributed by atoms with van der Waals surface area (Å²) in [7, 11) is 0. The van der Waals surface area contributed by atoms with Crippen LogP contribution < -0.4 is 0 Å². The van der Waals surface area contributed by atoms with Crippen LogP contribution in [0, 0.1) is 5.92 Å². The summed E-state index contributed by atoms with van der Waals surface area (Å²) in [5.41, 5.74) is -0.480. The van der Waals surface area contributed by atoms with Gasteiger partial charge in [0.1, 0.15) is 5.60 Å². The van der Waals surface area contributed by atoms with Crippen molar-refractivity contribution in [2.75, 3.05) is 6.54 Å². The number of rotatable bonds is 6. The van der Waals surface area contributed by atoms with Gasteiger partial charge < -0.3 is 9.64 Å². The molecule has 0 radical (unpaired) electrons. The second-order valence-electron chi connectivity index (χ2n) is 6.67. The van der Waals surface area contributed by atoms with E-state index in [1.807, 2.05) is 39.5 Å². The van der Waals surface area contributed by atoms with Gasteiger partial charge in [0.25, 0.3) is 0 Å². The average molecular weight is 269 g/mol. The Bertz CT molecular complexity index is 327. The van der Waals surface area contributed by atoms with Gasteiger partial charge in [-0.3, -0.25) is 9.59 Å². The van der Waals surface area contributed by atoms with Crippen molar-refractivity contribution in [1.82, 2.24) is 4.90 Å². The van der Waals surface area contributed by atoms with Gasteiger partial charge >= 0.3 is 5.97 Å². The minimum atomic E-state index is -0.480. The van der Waals surface area contributed by atoms with Crippen LogP contribution >= 0.6 is 0 Å². The second-order valence-corrected chi connectivity index (χ2v) is 6.67. The Morgan fingerprint density at radius 1 is 1.21 bits per heavy atom. The maximum Gasteiger partial charge on any atom is 0.306 e. The van der Waals surface area contributed by atoms with Crippen LogP contribution in [0.15, 0.2) is 0 Å². The number of nitrogens with zero attached hydrogens (tertiary/aromatic N) is 1. The monoisotopic (exact) mass is 269 g/mol. The number of carbonyl (C=O) groups is 2. The molecule has 1 amide bonds. The van der Waals surface area contributed by atoms with Gasteiger partial charge in [-0.05, 0) is 53.4 Å². The first kappa shape index (κ1) is 16.0. The van der Waals surface area contributed by atoms with Gasteiger partial charge in [0.05, 0.1) is 6.42 Å². The Labute approximate surface area is 116 Å². The molecular formula is C15H27NO3. The number of ether oxygens (including phenoxy) is 1. The minimum Gasteiger partial charge on any atom is -0.460 e. The van der Waals surface area contributed by atoms with Crippen molar-refractivity contribution in [1.29, 1.82) is 0 Å². The topological polar surface area (TPSA) is 46.6 Å². The minimum absolute atomic E-state index is 0.0627. The smallest absolute Gasteiger partial charge is 0.306 e. The summed E-state index contributed by atoms with van der Waals surface area (Å²) in [5, 5.41) is 0. The highest BCUT2D eigenvalue weighted by atomic mass is 16.6. The van der Waals surface area contributed by atoms with Crippen LogP contribution in [0.3, 0.4) is 0 Å². The van der Waals surface area contributed by atoms with E-state index < -0.39 is 5.60 Å². The summed E-state index contributed by atoms with van der Waals surface area (Å²) >= 11 is 0. The number of esters is 1. The third kappa shape index (κ3) is 6.60. The fraction of sp³-hybridized carbons (Fsp3) is 0.867. The first-order chi connectivity index (χ1) is 8.69. The Balaban J connectivity index is 2.37. The number of carbonyl (C=O) groups excluding carboxylic acids is 2. The molecule has 0 atom stereocenters. The van der Waals surface area contributed by atoms with Crippen LogP contribution in [-0.4, -0.2) is 35.0 Å². The lowest BCUT2D eigenvalue weighted by Gasteiger charge is -2.27. The molecule has 0 aromatic rings. The van der Waals surface area contributed by atoms with E-state index in [1.54, 1.807) is 0 Å². The summed E-state index contributed by atoms with van der Waals surface area (Å²) in [6.07, 6.45) is 2.87. The Kier molecular flexibility index (Phi) is 5.39. The van der Waals surface area contributed by atoms with Gasteiger partial charge in [0, 0.05) is 19.0 Å². The molecule has 4 heteroatoms. The fourth-order valence-electron chi connectivity index (χ4n) is 1.92. The number of hydrogen-bond donors (Lipinski definition) is 0. The summed E-state index contributed by atoms with van der Waals surface area (Å²) in [4.78, 5) is 25.6. The second kappa shape index (κ2) is 6.40. The van der Waals surface area contributed by atoms with Crippen LogP contribution in [-0.2, 0) is 14.3 Å². The van der Waals surface area contributed by atoms with E-state index >= 15 is 0 Å². The molecule has 0 aromatic heterocycles. The number of hydrogen-bond acceptors (Lipinski definition) is 3. The summed E-state index contributed by atoms with van der Waals surface area (Å²) in [6.45, 7) is 10.4. The lowest BCUT2D eigenvalue weighted by atomic mass is 10.2. The first-order valence-electron chi connectivity index (χ1n) is 7.20. The molecule has 0 bridgehead atoms. The maximum atomic E-state index is 12.1. The fourth-order valence-corrected chi connectivity index (χ4v) is 1.92. The Morgan fingerprint density at radius 3 is 2.21 bits per heavy atom. The lowest BCUT2D eigenvalue weighted by Crippen LogP contribution is -2.38. The van der Waals surface area contributed by atoms with Crippen LogP contribution in [0.2, 0.25) is 0 Å². The van der Waals surface area contributed by atoms with Crippen molar-refractivity contribution < 1.29 is 14.3 Å². The average Bonchev–Trinajstić information content (AvgIpc) is 3.03. The van der Waals surface area contributed by atoms with E-state index in [-0.39, 0.29) is 30.8 Å². The van der Waals surface area contributed by atoms with Crippen molar-refractivity contribution in [3.63, 3.8) is 0 Å². The van der Waals surface area contributed by atoms with Crippen molar-refractivity contribution in [2.45, 2.75) is 71.9 Å². The van der Waals surface area contributed by atoms with Crippen molar-refractivity contribution in [3.05, 3.63) is 0 Å². The highest BCUT2D eigenvalue weighted by Crippen LogP contribution is 2.30. The lowest BCUT2D eigenvalue weighted by molar-refractivity contribution is -0.156. The highest BCUT2D eigenvalue weighted by Gasteiger charge is 2.28. The molecule has 0 unspecified atom stereocenters. The van der Waals surface area contributed by atoms with Crippen LogP contribution in [0.25, 0.3) is 0 Å². The molecule has 110 valence electrons. The zero-order valence-corrected chi connectivity index (χ0v) is 12.9. The van der Waals surface area contributed by atoms with Crippen LogP contribution in [0.5, 0.6) is 0 Å². The van der Waals surface area contributed by atoms with Gasteiger partial charge in [-0.25, -0.2) is 0 Å². The molecular weight excluding hydrogens is 242 g/mol. The van der Waals surface area contributed by atoms with Gasteiger partial charge in [0.2, 0.25) is 5.91 Å². The molecule has 1 aliphatic carbocycles. The van der Waals surface area contributed by atoms with E-state index in [1.165, 1.54) is 12.8 Å². The van der Waals surface area contributed by atoms with Gasteiger partial charge in [-0.2, -0.15) is 0 Å².